The van der Waals surface area contributed by atoms with Crippen LogP contribution < -0.4 is 11.1 Å². The molecule has 5 nitrogen and oxygen atoms in total. The van der Waals surface area contributed by atoms with Gasteiger partial charge in [0.15, 0.2) is 0 Å². The van der Waals surface area contributed by atoms with E-state index in [2.05, 4.69) is 28.5 Å². The highest BCUT2D eigenvalue weighted by atomic mass is 35.5. The molecule has 0 saturated heterocycles. The molecule has 0 spiro atoms. The number of nitrogens with two attached hydrogens (primary N) is 1. The van der Waals surface area contributed by atoms with E-state index in [0.29, 0.717) is 17.9 Å². The lowest BCUT2D eigenvalue weighted by Gasteiger charge is -2.18. The molecule has 2 aliphatic rings. The highest BCUT2D eigenvalue weighted by Crippen LogP contribution is 2.55. The molecule has 0 aliphatic carbocycles. The van der Waals surface area contributed by atoms with E-state index in [1.807, 2.05) is 50.2 Å². The fourth-order valence-corrected chi connectivity index (χ4v) is 6.07. The first kappa shape index (κ1) is 21.4. The fourth-order valence-electron chi connectivity index (χ4n) is 5.04. The normalized spacial score (nSPS) is 17.5. The summed E-state index contributed by atoms with van der Waals surface area (Å²) in [6.07, 6.45) is -0.247. The molecule has 2 aromatic heterocycles. The molecule has 4 heterocycles. The van der Waals surface area contributed by atoms with Gasteiger partial charge in [-0.3, -0.25) is 4.79 Å². The summed E-state index contributed by atoms with van der Waals surface area (Å²) >= 11 is 7.70. The number of hydrogen-bond donors (Lipinski definition) is 2. The number of aromatic nitrogens is 1. The van der Waals surface area contributed by atoms with Gasteiger partial charge in [0.1, 0.15) is 18.0 Å². The largest absolute Gasteiger partial charge is 0.384 e. The Morgan fingerprint density at radius 2 is 1.76 bits per heavy atom. The summed E-state index contributed by atoms with van der Waals surface area (Å²) in [4.78, 5) is 18.4. The van der Waals surface area contributed by atoms with Crippen LogP contribution in [0.2, 0.25) is 4.34 Å². The molecule has 0 saturated carbocycles. The molecule has 3 N–H and O–H groups in total. The minimum absolute atomic E-state index is 0.103. The lowest BCUT2D eigenvalue weighted by molar-refractivity contribution is 0.0857. The quantitative estimate of drug-likeness (QED) is 0.364. The second-order valence-corrected chi connectivity index (χ2v) is 10.5. The molecule has 170 valence electrons. The lowest BCUT2D eigenvalue weighted by Crippen LogP contribution is -2.24. The molecule has 1 amide bonds. The van der Waals surface area contributed by atoms with E-state index < -0.39 is 0 Å². The fraction of sp³-hybridized carbons (Fsp3) is 0.185. The van der Waals surface area contributed by atoms with Gasteiger partial charge in [-0.2, -0.15) is 0 Å². The number of pyridine rings is 1. The van der Waals surface area contributed by atoms with Crippen LogP contribution in [0.4, 0.5) is 5.82 Å². The van der Waals surface area contributed by atoms with Crippen LogP contribution in [0.1, 0.15) is 61.6 Å². The number of amides is 1. The first-order valence-electron chi connectivity index (χ1n) is 11.1. The van der Waals surface area contributed by atoms with Gasteiger partial charge in [0.25, 0.3) is 5.91 Å². The first-order valence-corrected chi connectivity index (χ1v) is 12.3. The molecule has 4 aromatic rings. The van der Waals surface area contributed by atoms with Crippen molar-refractivity contribution in [3.05, 3.63) is 104 Å². The molecule has 2 unspecified atom stereocenters. The van der Waals surface area contributed by atoms with Crippen molar-refractivity contribution in [1.82, 2.24) is 10.3 Å². The SMILES string of the molecule is Cc1cc(N)nc(C)c1CNC(=O)c1ccc2c(c1)C1OC2c2cc(-c3ccc(Cl)s3)ccc21. The predicted molar refractivity (Wildman–Crippen MR) is 135 cm³/mol. The number of fused-ring (bicyclic) bond motifs is 8. The Hall–Kier alpha value is -3.19. The third kappa shape index (κ3) is 3.41. The van der Waals surface area contributed by atoms with Crippen LogP contribution >= 0.6 is 22.9 Å². The number of aryl methyl sites for hydroxylation is 2. The number of hydrogen-bond acceptors (Lipinski definition) is 5. The van der Waals surface area contributed by atoms with Gasteiger partial charge in [0.2, 0.25) is 0 Å². The van der Waals surface area contributed by atoms with Gasteiger partial charge in [-0.25, -0.2) is 4.98 Å². The molecule has 6 rings (SSSR count). The minimum Gasteiger partial charge on any atom is -0.384 e. The zero-order valence-corrected chi connectivity index (χ0v) is 20.3. The van der Waals surface area contributed by atoms with E-state index in [9.17, 15) is 4.79 Å². The molecule has 2 aromatic carbocycles. The summed E-state index contributed by atoms with van der Waals surface area (Å²) in [5.74, 6) is 0.372. The highest BCUT2D eigenvalue weighted by molar-refractivity contribution is 7.19. The number of ether oxygens (including phenoxy) is 1. The van der Waals surface area contributed by atoms with Crippen molar-refractivity contribution in [3.63, 3.8) is 0 Å². The van der Waals surface area contributed by atoms with Crippen LogP contribution in [0.15, 0.2) is 54.6 Å². The van der Waals surface area contributed by atoms with Crippen molar-refractivity contribution in [3.8, 4) is 10.4 Å². The van der Waals surface area contributed by atoms with Gasteiger partial charge in [-0.15, -0.1) is 11.3 Å². The van der Waals surface area contributed by atoms with Crippen molar-refractivity contribution >= 4 is 34.7 Å². The number of rotatable bonds is 4. The first-order chi connectivity index (χ1) is 16.4. The summed E-state index contributed by atoms with van der Waals surface area (Å²) in [5, 5.41) is 3.03. The number of nitrogens with one attached hydrogen (secondary N) is 1. The Kier molecular flexibility index (Phi) is 4.99. The maximum absolute atomic E-state index is 13.0. The van der Waals surface area contributed by atoms with Gasteiger partial charge in [-0.05, 0) is 89.2 Å². The summed E-state index contributed by atoms with van der Waals surface area (Å²) in [6, 6.07) is 18.1. The summed E-state index contributed by atoms with van der Waals surface area (Å²) in [7, 11) is 0. The third-order valence-electron chi connectivity index (χ3n) is 6.70. The number of halogens is 1. The number of thiophene rings is 1. The van der Waals surface area contributed by atoms with Gasteiger partial charge in [0.05, 0.1) is 4.34 Å². The predicted octanol–water partition coefficient (Wildman–Crippen LogP) is 6.11. The smallest absolute Gasteiger partial charge is 0.251 e. The van der Waals surface area contributed by atoms with Crippen molar-refractivity contribution in [2.24, 2.45) is 0 Å². The number of anilines is 1. The number of carbonyl (C=O) groups is 1. The third-order valence-corrected chi connectivity index (χ3v) is 7.98. The number of nitrogens with zero attached hydrogens (tertiary/aromatic N) is 1. The van der Waals surface area contributed by atoms with E-state index in [-0.39, 0.29) is 18.1 Å². The van der Waals surface area contributed by atoms with Crippen LogP contribution in [0.5, 0.6) is 0 Å². The van der Waals surface area contributed by atoms with Crippen LogP contribution in [-0.4, -0.2) is 10.9 Å². The summed E-state index contributed by atoms with van der Waals surface area (Å²) in [5.41, 5.74) is 15.0. The van der Waals surface area contributed by atoms with E-state index in [0.717, 1.165) is 42.7 Å². The monoisotopic (exact) mass is 487 g/mol. The topological polar surface area (TPSA) is 77.2 Å². The zero-order valence-electron chi connectivity index (χ0n) is 18.7. The molecule has 0 fully saturated rings. The molecule has 34 heavy (non-hydrogen) atoms. The summed E-state index contributed by atoms with van der Waals surface area (Å²) in [6.45, 7) is 4.29. The second kappa shape index (κ2) is 7.94. The van der Waals surface area contributed by atoms with Gasteiger partial charge < -0.3 is 15.8 Å². The highest BCUT2D eigenvalue weighted by Gasteiger charge is 2.43. The van der Waals surface area contributed by atoms with Crippen LogP contribution in [0.3, 0.4) is 0 Å². The van der Waals surface area contributed by atoms with Crippen molar-refractivity contribution in [1.29, 1.82) is 0 Å². The molecule has 7 heteroatoms. The number of nitrogen functional groups attached to an aromatic ring is 1. The molecular formula is C27H22ClN3O2S. The van der Waals surface area contributed by atoms with Crippen molar-refractivity contribution in [2.75, 3.05) is 5.73 Å². The Labute approximate surface area is 206 Å². The van der Waals surface area contributed by atoms with E-state index in [1.165, 1.54) is 11.1 Å². The van der Waals surface area contributed by atoms with Crippen LogP contribution in [0.25, 0.3) is 10.4 Å². The van der Waals surface area contributed by atoms with Crippen LogP contribution in [0, 0.1) is 13.8 Å². The molecule has 2 aliphatic heterocycles. The van der Waals surface area contributed by atoms with Gasteiger partial charge >= 0.3 is 0 Å². The number of carbonyl (C=O) groups excluding carboxylic acids is 1. The number of benzene rings is 2. The van der Waals surface area contributed by atoms with Gasteiger partial charge in [-0.1, -0.05) is 29.8 Å². The van der Waals surface area contributed by atoms with E-state index >= 15 is 0 Å². The zero-order chi connectivity index (χ0) is 23.6. The van der Waals surface area contributed by atoms with Gasteiger partial charge in [0, 0.05) is 22.7 Å². The van der Waals surface area contributed by atoms with Crippen molar-refractivity contribution in [2.45, 2.75) is 32.6 Å². The minimum atomic E-state index is -0.144. The Morgan fingerprint density at radius 3 is 2.47 bits per heavy atom. The van der Waals surface area contributed by atoms with Crippen LogP contribution in [-0.2, 0) is 11.3 Å². The Balaban J connectivity index is 1.24. The molecular weight excluding hydrogens is 466 g/mol. The maximum Gasteiger partial charge on any atom is 0.251 e. The summed E-state index contributed by atoms with van der Waals surface area (Å²) < 4.78 is 7.12. The van der Waals surface area contributed by atoms with E-state index in [4.69, 9.17) is 22.1 Å². The molecule has 0 radical (unpaired) electrons. The lowest BCUT2D eigenvalue weighted by atomic mass is 9.84. The average Bonchev–Trinajstić information content (AvgIpc) is 3.51. The average molecular weight is 488 g/mol. The standard InChI is InChI=1S/C27H22ClN3O2S/c1-13-9-24(29)31-14(2)21(13)12-30-27(32)16-4-6-18-20(11-16)26-17-5-3-15(10-19(17)25(18)33-26)22-7-8-23(28)34-22/h3-11,25-26H,12H2,1-2H3,(H2,29,31)(H,30,32). The Bertz CT molecular complexity index is 1460. The molecule has 2 atom stereocenters. The molecule has 2 bridgehead atoms. The Morgan fingerprint density at radius 1 is 1.03 bits per heavy atom. The maximum atomic E-state index is 13.0. The second-order valence-electron chi connectivity index (χ2n) is 8.80. The van der Waals surface area contributed by atoms with Crippen molar-refractivity contribution < 1.29 is 9.53 Å². The van der Waals surface area contributed by atoms with E-state index in [1.54, 1.807) is 11.3 Å².